The molecule has 2 atom stereocenters. The largest absolute Gasteiger partial charge is 0.0651 e. The quantitative estimate of drug-likeness (QED) is 0.488. The minimum atomic E-state index is 1.01. The molecular weight excluding hydrogens is 120 g/mol. The van der Waals surface area contributed by atoms with Gasteiger partial charge in [0.2, 0.25) is 0 Å². The van der Waals surface area contributed by atoms with E-state index in [0.29, 0.717) is 0 Å². The predicted molar refractivity (Wildman–Crippen MR) is 46.0 cm³/mol. The van der Waals surface area contributed by atoms with Crippen molar-refractivity contribution in [3.8, 4) is 0 Å². The molecule has 0 spiro atoms. The van der Waals surface area contributed by atoms with Crippen LogP contribution < -0.4 is 0 Å². The molecule has 0 heteroatoms. The lowest BCUT2D eigenvalue weighted by atomic mass is 9.88. The van der Waals surface area contributed by atoms with Gasteiger partial charge in [-0.25, -0.2) is 0 Å². The average Bonchev–Trinajstić information content (AvgIpc) is 2.13. The van der Waals surface area contributed by atoms with Gasteiger partial charge in [0.05, 0.1) is 0 Å². The van der Waals surface area contributed by atoms with Gasteiger partial charge in [-0.2, -0.15) is 0 Å². The highest BCUT2D eigenvalue weighted by Crippen LogP contribution is 2.30. The van der Waals surface area contributed by atoms with Crippen molar-refractivity contribution in [2.24, 2.45) is 11.8 Å². The van der Waals surface area contributed by atoms with Crippen LogP contribution in [0.15, 0.2) is 0 Å². The summed E-state index contributed by atoms with van der Waals surface area (Å²) in [6, 6.07) is 0. The van der Waals surface area contributed by atoms with Crippen LogP contribution in [0.1, 0.15) is 52.4 Å². The van der Waals surface area contributed by atoms with Gasteiger partial charge in [0.25, 0.3) is 0 Å². The van der Waals surface area contributed by atoms with Gasteiger partial charge in [-0.1, -0.05) is 52.4 Å². The molecule has 0 amide bonds. The molecule has 1 fully saturated rings. The van der Waals surface area contributed by atoms with Crippen LogP contribution in [0.3, 0.4) is 0 Å². The summed E-state index contributed by atoms with van der Waals surface area (Å²) in [4.78, 5) is 0. The highest BCUT2D eigenvalue weighted by Gasteiger charge is 2.17. The van der Waals surface area contributed by atoms with Crippen LogP contribution in [0, 0.1) is 11.8 Å². The second kappa shape index (κ2) is 4.00. The molecular formula is C10H20. The van der Waals surface area contributed by atoms with E-state index in [4.69, 9.17) is 0 Å². The van der Waals surface area contributed by atoms with Gasteiger partial charge in [-0.3, -0.25) is 0 Å². The molecule has 0 aromatic heterocycles. The van der Waals surface area contributed by atoms with E-state index < -0.39 is 0 Å². The van der Waals surface area contributed by atoms with Crippen LogP contribution in [0.2, 0.25) is 0 Å². The molecule has 0 N–H and O–H groups in total. The summed E-state index contributed by atoms with van der Waals surface area (Å²) in [5.74, 6) is 2.05. The first-order valence-electron chi connectivity index (χ1n) is 4.84. The van der Waals surface area contributed by atoms with Crippen molar-refractivity contribution < 1.29 is 0 Å². The first kappa shape index (κ1) is 8.10. The molecule has 0 aromatic rings. The van der Waals surface area contributed by atoms with E-state index in [1.54, 1.807) is 0 Å². The molecule has 1 rings (SSSR count). The Bertz CT molecular complexity index is 86.0. The monoisotopic (exact) mass is 140 g/mol. The van der Waals surface area contributed by atoms with Crippen LogP contribution in [0.25, 0.3) is 0 Å². The molecule has 60 valence electrons. The first-order valence-corrected chi connectivity index (χ1v) is 4.84. The summed E-state index contributed by atoms with van der Waals surface area (Å²) in [6.45, 7) is 4.77. The minimum Gasteiger partial charge on any atom is -0.0651 e. The second-order valence-electron chi connectivity index (χ2n) is 3.78. The van der Waals surface area contributed by atoms with E-state index in [1.807, 2.05) is 0 Å². The van der Waals surface area contributed by atoms with Crippen molar-refractivity contribution in [2.45, 2.75) is 52.4 Å². The molecule has 0 radical (unpaired) electrons. The van der Waals surface area contributed by atoms with Gasteiger partial charge in [-0.15, -0.1) is 0 Å². The van der Waals surface area contributed by atoms with Crippen molar-refractivity contribution in [1.29, 1.82) is 0 Å². The molecule has 0 nitrogen and oxygen atoms in total. The average molecular weight is 140 g/mol. The van der Waals surface area contributed by atoms with Gasteiger partial charge in [0.15, 0.2) is 0 Å². The van der Waals surface area contributed by atoms with Crippen molar-refractivity contribution in [3.05, 3.63) is 0 Å². The van der Waals surface area contributed by atoms with Crippen molar-refractivity contribution in [3.63, 3.8) is 0 Å². The number of hydrogen-bond acceptors (Lipinski definition) is 0. The third-order valence-electron chi connectivity index (χ3n) is 3.06. The van der Waals surface area contributed by atoms with E-state index in [1.165, 1.54) is 38.5 Å². The molecule has 1 aliphatic rings. The van der Waals surface area contributed by atoms with Crippen molar-refractivity contribution in [1.82, 2.24) is 0 Å². The zero-order chi connectivity index (χ0) is 7.40. The van der Waals surface area contributed by atoms with Gasteiger partial charge < -0.3 is 0 Å². The van der Waals surface area contributed by atoms with Gasteiger partial charge >= 0.3 is 0 Å². The standard InChI is InChI=1S/C10H20/c1-3-10-8-6-4-5-7-9(10)2/h9-10H,3-8H2,1-2H3. The smallest absolute Gasteiger partial charge is 0.0391 e. The lowest BCUT2D eigenvalue weighted by molar-refractivity contribution is 0.328. The Balaban J connectivity index is 2.35. The van der Waals surface area contributed by atoms with Gasteiger partial charge in [0.1, 0.15) is 0 Å². The highest BCUT2D eigenvalue weighted by molar-refractivity contribution is 4.69. The number of rotatable bonds is 1. The van der Waals surface area contributed by atoms with Crippen LogP contribution in [0.5, 0.6) is 0 Å². The fourth-order valence-electron chi connectivity index (χ4n) is 2.18. The summed E-state index contributed by atoms with van der Waals surface area (Å²) >= 11 is 0. The number of hydrogen-bond donors (Lipinski definition) is 0. The molecule has 0 bridgehead atoms. The fourth-order valence-corrected chi connectivity index (χ4v) is 2.18. The lowest BCUT2D eigenvalue weighted by Gasteiger charge is -2.18. The van der Waals surface area contributed by atoms with E-state index in [-0.39, 0.29) is 0 Å². The normalized spacial score (nSPS) is 35.4. The Kier molecular flexibility index (Phi) is 3.24. The Morgan fingerprint density at radius 3 is 2.50 bits per heavy atom. The zero-order valence-electron chi connectivity index (χ0n) is 7.40. The molecule has 0 aromatic carbocycles. The molecule has 2 unspecified atom stereocenters. The molecule has 1 aliphatic carbocycles. The Morgan fingerprint density at radius 1 is 1.10 bits per heavy atom. The van der Waals surface area contributed by atoms with Crippen molar-refractivity contribution in [2.75, 3.05) is 0 Å². The van der Waals surface area contributed by atoms with Gasteiger partial charge in [-0.05, 0) is 11.8 Å². The molecule has 0 heterocycles. The van der Waals surface area contributed by atoms with Crippen LogP contribution in [0.4, 0.5) is 0 Å². The SMILES string of the molecule is CCC1CCCCCC1C. The van der Waals surface area contributed by atoms with E-state index in [9.17, 15) is 0 Å². The first-order chi connectivity index (χ1) is 4.84. The molecule has 0 saturated heterocycles. The van der Waals surface area contributed by atoms with Crippen LogP contribution >= 0.6 is 0 Å². The van der Waals surface area contributed by atoms with E-state index >= 15 is 0 Å². The minimum absolute atomic E-state index is 1.01. The van der Waals surface area contributed by atoms with Gasteiger partial charge in [0, 0.05) is 0 Å². The maximum absolute atomic E-state index is 2.43. The Labute approximate surface area is 65.0 Å². The summed E-state index contributed by atoms with van der Waals surface area (Å²) in [7, 11) is 0. The second-order valence-corrected chi connectivity index (χ2v) is 3.78. The fraction of sp³-hybridized carbons (Fsp3) is 1.00. The third kappa shape index (κ3) is 2.00. The molecule has 1 saturated carbocycles. The third-order valence-corrected chi connectivity index (χ3v) is 3.06. The van der Waals surface area contributed by atoms with Crippen molar-refractivity contribution >= 4 is 0 Å². The topological polar surface area (TPSA) is 0 Å². The maximum Gasteiger partial charge on any atom is -0.0391 e. The zero-order valence-corrected chi connectivity index (χ0v) is 7.40. The summed E-state index contributed by atoms with van der Waals surface area (Å²) < 4.78 is 0. The van der Waals surface area contributed by atoms with Crippen LogP contribution in [-0.2, 0) is 0 Å². The maximum atomic E-state index is 2.43. The molecule has 0 aliphatic heterocycles. The Morgan fingerprint density at radius 2 is 1.80 bits per heavy atom. The lowest BCUT2D eigenvalue weighted by Crippen LogP contribution is -2.07. The summed E-state index contributed by atoms with van der Waals surface area (Å²) in [6.07, 6.45) is 8.85. The summed E-state index contributed by atoms with van der Waals surface area (Å²) in [5, 5.41) is 0. The predicted octanol–water partition coefficient (Wildman–Crippen LogP) is 3.61. The Hall–Kier alpha value is 0. The van der Waals surface area contributed by atoms with Crippen LogP contribution in [-0.4, -0.2) is 0 Å². The van der Waals surface area contributed by atoms with E-state index in [0.717, 1.165) is 11.8 Å². The summed E-state index contributed by atoms with van der Waals surface area (Å²) in [5.41, 5.74) is 0. The molecule has 10 heavy (non-hydrogen) atoms. The highest BCUT2D eigenvalue weighted by atomic mass is 14.2. The van der Waals surface area contributed by atoms with E-state index in [2.05, 4.69) is 13.8 Å².